The molecular formula is C24H35N5O2. The maximum absolute atomic E-state index is 13.6. The minimum Gasteiger partial charge on any atom is -0.370 e. The fourth-order valence-corrected chi connectivity index (χ4v) is 4.78. The predicted octanol–water partition coefficient (Wildman–Crippen LogP) is 2.77. The quantitative estimate of drug-likeness (QED) is 0.788. The summed E-state index contributed by atoms with van der Waals surface area (Å²) < 4.78 is 1.63. The fourth-order valence-electron chi connectivity index (χ4n) is 4.78. The first-order chi connectivity index (χ1) is 14.8. The molecule has 1 aromatic carbocycles. The van der Waals surface area contributed by atoms with E-state index in [1.807, 2.05) is 32.9 Å². The third-order valence-corrected chi connectivity index (χ3v) is 6.21. The van der Waals surface area contributed by atoms with Gasteiger partial charge >= 0.3 is 0 Å². The molecule has 0 radical (unpaired) electrons. The Morgan fingerprint density at radius 1 is 1.16 bits per heavy atom. The Hall–Kier alpha value is -2.41. The van der Waals surface area contributed by atoms with E-state index in [1.54, 1.807) is 4.57 Å². The van der Waals surface area contributed by atoms with Crippen LogP contribution in [0.3, 0.4) is 0 Å². The van der Waals surface area contributed by atoms with Crippen LogP contribution in [0.25, 0.3) is 10.9 Å². The van der Waals surface area contributed by atoms with Gasteiger partial charge in [-0.05, 0) is 64.8 Å². The molecule has 0 unspecified atom stereocenters. The van der Waals surface area contributed by atoms with Crippen molar-refractivity contribution >= 4 is 22.5 Å². The van der Waals surface area contributed by atoms with Crippen molar-refractivity contribution < 1.29 is 4.79 Å². The summed E-state index contributed by atoms with van der Waals surface area (Å²) in [6.07, 6.45) is 5.42. The molecule has 1 aliphatic heterocycles. The average molecular weight is 426 g/mol. The van der Waals surface area contributed by atoms with E-state index in [1.165, 1.54) is 0 Å². The Morgan fingerprint density at radius 3 is 2.68 bits per heavy atom. The first-order valence-corrected chi connectivity index (χ1v) is 11.6. The van der Waals surface area contributed by atoms with Gasteiger partial charge in [0.15, 0.2) is 0 Å². The smallest absolute Gasteiger partial charge is 0.261 e. The van der Waals surface area contributed by atoms with Gasteiger partial charge in [-0.15, -0.1) is 0 Å². The molecule has 1 amide bonds. The Balaban J connectivity index is 1.75. The van der Waals surface area contributed by atoms with Crippen molar-refractivity contribution in [2.75, 3.05) is 31.1 Å². The van der Waals surface area contributed by atoms with E-state index in [2.05, 4.69) is 21.6 Å². The highest BCUT2D eigenvalue weighted by Gasteiger charge is 2.25. The number of rotatable bonds is 4. The highest BCUT2D eigenvalue weighted by atomic mass is 16.2. The normalized spacial score (nSPS) is 18.4. The molecule has 0 bridgehead atoms. The van der Waals surface area contributed by atoms with E-state index in [-0.39, 0.29) is 29.5 Å². The molecule has 0 atom stereocenters. The third-order valence-electron chi connectivity index (χ3n) is 6.21. The van der Waals surface area contributed by atoms with Crippen molar-refractivity contribution in [3.8, 4) is 0 Å². The summed E-state index contributed by atoms with van der Waals surface area (Å²) in [5, 5.41) is 7.01. The molecular weight excluding hydrogens is 390 g/mol. The van der Waals surface area contributed by atoms with E-state index >= 15 is 0 Å². The second kappa shape index (κ2) is 8.99. The number of amides is 1. The maximum Gasteiger partial charge on any atom is 0.261 e. The fraction of sp³-hybridized carbons (Fsp3) is 0.625. The van der Waals surface area contributed by atoms with Crippen molar-refractivity contribution in [3.63, 3.8) is 0 Å². The molecule has 7 nitrogen and oxygen atoms in total. The number of hydrogen-bond donors (Lipinski definition) is 2. The van der Waals surface area contributed by atoms with Gasteiger partial charge in [0.1, 0.15) is 12.4 Å². The van der Waals surface area contributed by atoms with Crippen molar-refractivity contribution in [1.29, 1.82) is 0 Å². The largest absolute Gasteiger partial charge is 0.370 e. The highest BCUT2D eigenvalue weighted by molar-refractivity contribution is 5.83. The lowest BCUT2D eigenvalue weighted by molar-refractivity contribution is -0.123. The molecule has 0 spiro atoms. The van der Waals surface area contributed by atoms with Gasteiger partial charge in [0.25, 0.3) is 5.56 Å². The van der Waals surface area contributed by atoms with Crippen LogP contribution in [0.4, 0.5) is 5.69 Å². The molecule has 2 heterocycles. The van der Waals surface area contributed by atoms with Gasteiger partial charge in [-0.25, -0.2) is 4.98 Å². The molecule has 1 aliphatic carbocycles. The van der Waals surface area contributed by atoms with E-state index < -0.39 is 0 Å². The first-order valence-electron chi connectivity index (χ1n) is 11.6. The number of carbonyl (C=O) groups is 1. The van der Waals surface area contributed by atoms with Crippen LogP contribution in [-0.4, -0.2) is 47.2 Å². The summed E-state index contributed by atoms with van der Waals surface area (Å²) in [4.78, 5) is 33.6. The third kappa shape index (κ3) is 5.09. The number of benzene rings is 1. The zero-order valence-electron chi connectivity index (χ0n) is 19.0. The van der Waals surface area contributed by atoms with Gasteiger partial charge in [-0.1, -0.05) is 12.8 Å². The lowest BCUT2D eigenvalue weighted by Crippen LogP contribution is -2.44. The number of anilines is 1. The zero-order chi connectivity index (χ0) is 22.0. The average Bonchev–Trinajstić information content (AvgIpc) is 3.10. The standard InChI is InChI=1S/C24H35N5O2/c1-24(2,3)27-21(30)16-29-22(17-7-4-5-8-17)26-20-10-9-18(15-19(20)23(29)31)28-13-6-11-25-12-14-28/h9-10,15,17,25H,4-8,11-14,16H2,1-3H3,(H,27,30). The second-order valence-corrected chi connectivity index (χ2v) is 9.93. The van der Waals surface area contributed by atoms with Crippen LogP contribution in [0.2, 0.25) is 0 Å². The molecule has 4 rings (SSSR count). The number of fused-ring (bicyclic) bond motifs is 1. The van der Waals surface area contributed by atoms with Crippen LogP contribution in [-0.2, 0) is 11.3 Å². The monoisotopic (exact) mass is 425 g/mol. The summed E-state index contributed by atoms with van der Waals surface area (Å²) in [5.41, 5.74) is 1.34. The van der Waals surface area contributed by atoms with Gasteiger partial charge in [-0.3, -0.25) is 14.2 Å². The van der Waals surface area contributed by atoms with Crippen molar-refractivity contribution in [2.45, 2.75) is 70.9 Å². The summed E-state index contributed by atoms with van der Waals surface area (Å²) in [6.45, 7) is 9.71. The number of carbonyl (C=O) groups excluding carboxylic acids is 1. The number of nitrogens with one attached hydrogen (secondary N) is 2. The molecule has 1 aromatic heterocycles. The van der Waals surface area contributed by atoms with Crippen molar-refractivity contribution in [2.24, 2.45) is 0 Å². The molecule has 2 aliphatic rings. The Kier molecular flexibility index (Phi) is 6.32. The molecule has 1 saturated heterocycles. The van der Waals surface area contributed by atoms with Crippen LogP contribution in [0.1, 0.15) is 64.6 Å². The molecule has 1 saturated carbocycles. The molecule has 7 heteroatoms. The van der Waals surface area contributed by atoms with Crippen LogP contribution >= 0.6 is 0 Å². The summed E-state index contributed by atoms with van der Waals surface area (Å²) in [7, 11) is 0. The molecule has 31 heavy (non-hydrogen) atoms. The Bertz CT molecular complexity index is 993. The number of hydrogen-bond acceptors (Lipinski definition) is 5. The SMILES string of the molecule is CC(C)(C)NC(=O)Cn1c(C2CCCC2)nc2ccc(N3CCCNCC3)cc2c1=O. The summed E-state index contributed by atoms with van der Waals surface area (Å²) in [6, 6.07) is 6.02. The second-order valence-electron chi connectivity index (χ2n) is 9.93. The Labute approximate surface area is 184 Å². The van der Waals surface area contributed by atoms with E-state index in [4.69, 9.17) is 4.98 Å². The lowest BCUT2D eigenvalue weighted by atomic mass is 10.1. The van der Waals surface area contributed by atoms with Crippen molar-refractivity contribution in [3.05, 3.63) is 34.4 Å². The van der Waals surface area contributed by atoms with Crippen molar-refractivity contribution in [1.82, 2.24) is 20.2 Å². The van der Waals surface area contributed by atoms with E-state index in [0.717, 1.165) is 75.3 Å². The minimum absolute atomic E-state index is 0.0166. The maximum atomic E-state index is 13.6. The van der Waals surface area contributed by atoms with Gasteiger partial charge in [0, 0.05) is 36.8 Å². The summed E-state index contributed by atoms with van der Waals surface area (Å²) in [5.74, 6) is 0.867. The van der Waals surface area contributed by atoms with Gasteiger partial charge in [-0.2, -0.15) is 0 Å². The molecule has 168 valence electrons. The van der Waals surface area contributed by atoms with E-state index in [9.17, 15) is 9.59 Å². The first kappa shape index (κ1) is 21.8. The number of nitrogens with zero attached hydrogens (tertiary/aromatic N) is 3. The minimum atomic E-state index is -0.341. The van der Waals surface area contributed by atoms with Crippen LogP contribution in [0.15, 0.2) is 23.0 Å². The van der Waals surface area contributed by atoms with Gasteiger partial charge in [0.2, 0.25) is 5.91 Å². The highest BCUT2D eigenvalue weighted by Crippen LogP contribution is 2.33. The summed E-state index contributed by atoms with van der Waals surface area (Å²) >= 11 is 0. The van der Waals surface area contributed by atoms with Gasteiger partial charge < -0.3 is 15.5 Å². The topological polar surface area (TPSA) is 79.3 Å². The molecule has 2 fully saturated rings. The molecule has 2 N–H and O–H groups in total. The van der Waals surface area contributed by atoms with E-state index in [0.29, 0.717) is 5.39 Å². The van der Waals surface area contributed by atoms with Crippen LogP contribution < -0.4 is 21.1 Å². The van der Waals surface area contributed by atoms with Gasteiger partial charge in [0.05, 0.1) is 10.9 Å². The van der Waals surface area contributed by atoms with Crippen LogP contribution in [0, 0.1) is 0 Å². The zero-order valence-corrected chi connectivity index (χ0v) is 19.0. The lowest BCUT2D eigenvalue weighted by Gasteiger charge is -2.24. The van der Waals surface area contributed by atoms with Crippen LogP contribution in [0.5, 0.6) is 0 Å². The number of aromatic nitrogens is 2. The predicted molar refractivity (Wildman–Crippen MR) is 125 cm³/mol. The Morgan fingerprint density at radius 2 is 1.94 bits per heavy atom. The molecule has 2 aromatic rings.